The number of aliphatic hydroxyl groups is 1. The van der Waals surface area contributed by atoms with E-state index < -0.39 is 6.10 Å². The zero-order valence-corrected chi connectivity index (χ0v) is 21.3. The van der Waals surface area contributed by atoms with Gasteiger partial charge in [0.2, 0.25) is 5.88 Å². The Morgan fingerprint density at radius 1 is 1.06 bits per heavy atom. The van der Waals surface area contributed by atoms with Crippen molar-refractivity contribution in [2.24, 2.45) is 0 Å². The third-order valence-corrected chi connectivity index (χ3v) is 6.53. The van der Waals surface area contributed by atoms with E-state index in [0.717, 1.165) is 28.2 Å². The maximum absolute atomic E-state index is 10.6. The second kappa shape index (κ2) is 11.9. The van der Waals surface area contributed by atoms with Gasteiger partial charge < -0.3 is 19.9 Å². The number of benzene rings is 2. The van der Waals surface area contributed by atoms with Gasteiger partial charge in [0, 0.05) is 28.7 Å². The molecule has 0 bridgehead atoms. The molecule has 0 aliphatic carbocycles. The molecule has 0 amide bonds. The van der Waals surface area contributed by atoms with Crippen LogP contribution in [0.5, 0.6) is 17.4 Å². The van der Waals surface area contributed by atoms with Crippen molar-refractivity contribution in [2.45, 2.75) is 31.9 Å². The van der Waals surface area contributed by atoms with E-state index in [4.69, 9.17) is 15.9 Å². The van der Waals surface area contributed by atoms with E-state index in [1.165, 1.54) is 0 Å². The van der Waals surface area contributed by atoms with Gasteiger partial charge in [0.05, 0.1) is 5.56 Å². The van der Waals surface area contributed by atoms with Crippen molar-refractivity contribution in [3.05, 3.63) is 95.5 Å². The maximum Gasteiger partial charge on any atom is 0.235 e. The summed E-state index contributed by atoms with van der Waals surface area (Å²) in [4.78, 5) is 5.36. The Balaban J connectivity index is 1.27. The largest absolute Gasteiger partial charge is 0.490 e. The molecule has 0 radical (unpaired) electrons. The Labute approximate surface area is 216 Å². The van der Waals surface area contributed by atoms with Crippen LogP contribution in [0, 0.1) is 12.3 Å². The molecule has 5 nitrogen and oxygen atoms in total. The Morgan fingerprint density at radius 3 is 2.61 bits per heavy atom. The minimum absolute atomic E-state index is 0.213. The van der Waals surface area contributed by atoms with Gasteiger partial charge in [0.15, 0.2) is 0 Å². The van der Waals surface area contributed by atoms with Gasteiger partial charge in [-0.1, -0.05) is 36.3 Å². The van der Waals surface area contributed by atoms with E-state index in [1.54, 1.807) is 29.7 Å². The standard InChI is InChI=1S/C30H30N2O3S/c1-4-23-9-7-17-31-29(23)35-25-15-13-22(14-16-25)19-30(2,3)32-20-24(33)21-34-27-11-6-5-10-26(27)28-12-8-18-36-28/h1,5-18,24,32-33H,19-21H2,2-3H3. The molecule has 0 aliphatic rings. The number of nitrogens with zero attached hydrogens (tertiary/aromatic N) is 1. The number of nitrogens with one attached hydrogen (secondary N) is 1. The van der Waals surface area contributed by atoms with Gasteiger partial charge in [0.1, 0.15) is 24.2 Å². The lowest BCUT2D eigenvalue weighted by atomic mass is 9.94. The van der Waals surface area contributed by atoms with Crippen molar-refractivity contribution in [3.63, 3.8) is 0 Å². The second-order valence-electron chi connectivity index (χ2n) is 9.13. The number of thiophene rings is 1. The smallest absolute Gasteiger partial charge is 0.235 e. The fourth-order valence-corrected chi connectivity index (χ4v) is 4.57. The van der Waals surface area contributed by atoms with Crippen molar-refractivity contribution in [2.75, 3.05) is 13.2 Å². The SMILES string of the molecule is C#Cc1cccnc1Oc1ccc(CC(C)(C)NCC(O)COc2ccccc2-c2cccs2)cc1. The molecule has 184 valence electrons. The molecule has 2 aromatic carbocycles. The minimum atomic E-state index is -0.639. The molecular weight excluding hydrogens is 468 g/mol. The molecule has 1 atom stereocenters. The first kappa shape index (κ1) is 25.5. The molecule has 0 spiro atoms. The Morgan fingerprint density at radius 2 is 1.86 bits per heavy atom. The van der Waals surface area contributed by atoms with E-state index in [-0.39, 0.29) is 12.1 Å². The van der Waals surface area contributed by atoms with Gasteiger partial charge in [-0.2, -0.15) is 0 Å². The highest BCUT2D eigenvalue weighted by molar-refractivity contribution is 7.13. The summed E-state index contributed by atoms with van der Waals surface area (Å²) in [5, 5.41) is 16.1. The second-order valence-corrected chi connectivity index (χ2v) is 10.1. The monoisotopic (exact) mass is 498 g/mol. The van der Waals surface area contributed by atoms with Crippen LogP contribution in [-0.4, -0.2) is 34.9 Å². The predicted molar refractivity (Wildman–Crippen MR) is 146 cm³/mol. The quantitative estimate of drug-likeness (QED) is 0.251. The predicted octanol–water partition coefficient (Wildman–Crippen LogP) is 5.93. The number of terminal acetylenes is 1. The lowest BCUT2D eigenvalue weighted by Gasteiger charge is -2.28. The van der Waals surface area contributed by atoms with Crippen LogP contribution in [-0.2, 0) is 6.42 Å². The van der Waals surface area contributed by atoms with E-state index in [0.29, 0.717) is 23.7 Å². The molecule has 6 heteroatoms. The molecule has 36 heavy (non-hydrogen) atoms. The Kier molecular flexibility index (Phi) is 8.40. The minimum Gasteiger partial charge on any atom is -0.490 e. The topological polar surface area (TPSA) is 63.6 Å². The van der Waals surface area contributed by atoms with Gasteiger partial charge in [-0.25, -0.2) is 4.98 Å². The van der Waals surface area contributed by atoms with Crippen LogP contribution in [0.1, 0.15) is 25.0 Å². The summed E-state index contributed by atoms with van der Waals surface area (Å²) in [5.41, 5.74) is 2.58. The maximum atomic E-state index is 10.6. The van der Waals surface area contributed by atoms with Gasteiger partial charge >= 0.3 is 0 Å². The molecule has 2 N–H and O–H groups in total. The zero-order chi connectivity index (χ0) is 25.4. The van der Waals surface area contributed by atoms with Crippen molar-refractivity contribution in [1.82, 2.24) is 10.3 Å². The first-order chi connectivity index (χ1) is 17.4. The molecule has 4 rings (SSSR count). The molecule has 2 heterocycles. The van der Waals surface area contributed by atoms with Gasteiger partial charge in [0.25, 0.3) is 0 Å². The van der Waals surface area contributed by atoms with Gasteiger partial charge in [-0.05, 0) is 73.7 Å². The van der Waals surface area contributed by atoms with Gasteiger partial charge in [-0.3, -0.25) is 0 Å². The van der Waals surface area contributed by atoms with Crippen LogP contribution in [0.2, 0.25) is 0 Å². The summed E-state index contributed by atoms with van der Waals surface area (Å²) in [5.74, 6) is 4.46. The summed E-state index contributed by atoms with van der Waals surface area (Å²) in [6.07, 6.45) is 7.31. The van der Waals surface area contributed by atoms with E-state index in [2.05, 4.69) is 36.1 Å². The van der Waals surface area contributed by atoms with E-state index >= 15 is 0 Å². The average molecular weight is 499 g/mol. The lowest BCUT2D eigenvalue weighted by molar-refractivity contribution is 0.0991. The van der Waals surface area contributed by atoms with Crippen LogP contribution >= 0.6 is 11.3 Å². The van der Waals surface area contributed by atoms with E-state index in [9.17, 15) is 5.11 Å². The first-order valence-corrected chi connectivity index (χ1v) is 12.7. The normalized spacial score (nSPS) is 12.1. The summed E-state index contributed by atoms with van der Waals surface area (Å²) in [7, 11) is 0. The van der Waals surface area contributed by atoms with E-state index in [1.807, 2.05) is 60.0 Å². The molecule has 4 aromatic rings. The number of aromatic nitrogens is 1. The first-order valence-electron chi connectivity index (χ1n) is 11.8. The lowest BCUT2D eigenvalue weighted by Crippen LogP contribution is -2.46. The van der Waals surface area contributed by atoms with Crippen molar-refractivity contribution < 1.29 is 14.6 Å². The van der Waals surface area contributed by atoms with Crippen molar-refractivity contribution in [1.29, 1.82) is 0 Å². The fourth-order valence-electron chi connectivity index (χ4n) is 3.81. The average Bonchev–Trinajstić information content (AvgIpc) is 3.43. The zero-order valence-electron chi connectivity index (χ0n) is 20.5. The molecule has 1 unspecified atom stereocenters. The number of β-amino-alcohol motifs (C(OH)–C–C–N with tert-alkyl or cyclic N) is 1. The van der Waals surface area contributed by atoms with Crippen molar-refractivity contribution >= 4 is 11.3 Å². The van der Waals surface area contributed by atoms with Crippen LogP contribution in [0.25, 0.3) is 10.4 Å². The number of hydrogen-bond acceptors (Lipinski definition) is 6. The molecule has 0 saturated carbocycles. The number of para-hydroxylation sites is 1. The highest BCUT2D eigenvalue weighted by atomic mass is 32.1. The molecular formula is C30H30N2O3S. The molecule has 0 fully saturated rings. The summed E-state index contributed by atoms with van der Waals surface area (Å²) in [6.45, 7) is 4.86. The van der Waals surface area contributed by atoms with Crippen LogP contribution in [0.4, 0.5) is 0 Å². The third kappa shape index (κ3) is 6.96. The van der Waals surface area contributed by atoms with Crippen molar-refractivity contribution in [3.8, 4) is 40.2 Å². The number of hydrogen-bond donors (Lipinski definition) is 2. The number of aliphatic hydroxyl groups excluding tert-OH is 1. The summed E-state index contributed by atoms with van der Waals surface area (Å²) in [6, 6.07) is 23.5. The number of pyridine rings is 1. The highest BCUT2D eigenvalue weighted by Gasteiger charge is 2.20. The number of ether oxygens (including phenoxy) is 2. The molecule has 2 aromatic heterocycles. The highest BCUT2D eigenvalue weighted by Crippen LogP contribution is 2.33. The number of rotatable bonds is 11. The fraction of sp³-hybridized carbons (Fsp3) is 0.233. The molecule has 0 aliphatic heterocycles. The Hall–Kier alpha value is -3.63. The summed E-state index contributed by atoms with van der Waals surface area (Å²) >= 11 is 1.67. The van der Waals surface area contributed by atoms with Crippen LogP contribution in [0.3, 0.4) is 0 Å². The van der Waals surface area contributed by atoms with Gasteiger partial charge in [-0.15, -0.1) is 17.8 Å². The van der Waals surface area contributed by atoms with Crippen LogP contribution in [0.15, 0.2) is 84.4 Å². The Bertz CT molecular complexity index is 1290. The summed E-state index contributed by atoms with van der Waals surface area (Å²) < 4.78 is 11.8. The van der Waals surface area contributed by atoms with Crippen LogP contribution < -0.4 is 14.8 Å². The molecule has 0 saturated heterocycles. The third-order valence-electron chi connectivity index (χ3n) is 5.63.